The lowest BCUT2D eigenvalue weighted by Gasteiger charge is -2.11. The maximum absolute atomic E-state index is 11.5. The molecule has 5 nitrogen and oxygen atoms in total. The molecule has 2 rings (SSSR count). The molecule has 2 aromatic rings. The summed E-state index contributed by atoms with van der Waals surface area (Å²) in [6.45, 7) is 2.58. The number of nitrogens with two attached hydrogens (primary N) is 1. The highest BCUT2D eigenvalue weighted by Crippen LogP contribution is 2.25. The molecule has 0 saturated heterocycles. The largest absolute Gasteiger partial charge is 0.494 e. The van der Waals surface area contributed by atoms with E-state index in [4.69, 9.17) is 10.5 Å². The number of hydrogen-bond acceptors (Lipinski definition) is 4. The number of hydrogen-bond donors (Lipinski definition) is 3. The van der Waals surface area contributed by atoms with Gasteiger partial charge < -0.3 is 21.1 Å². The Morgan fingerprint density at radius 3 is 2.48 bits per heavy atom. The molecule has 110 valence electrons. The molecule has 0 bridgehead atoms. The summed E-state index contributed by atoms with van der Waals surface area (Å²) in [5, 5.41) is 5.78. The van der Waals surface area contributed by atoms with Gasteiger partial charge in [0.05, 0.1) is 18.0 Å². The third kappa shape index (κ3) is 3.66. The van der Waals surface area contributed by atoms with E-state index in [1.54, 1.807) is 25.2 Å². The third-order valence-electron chi connectivity index (χ3n) is 2.99. The summed E-state index contributed by atoms with van der Waals surface area (Å²) in [5.41, 5.74) is 8.68. The first-order valence-electron chi connectivity index (χ1n) is 6.75. The van der Waals surface area contributed by atoms with Crippen molar-refractivity contribution in [2.45, 2.75) is 6.92 Å². The van der Waals surface area contributed by atoms with E-state index in [0.29, 0.717) is 17.9 Å². The molecular formula is C16H19N3O2. The first-order valence-corrected chi connectivity index (χ1v) is 6.75. The SMILES string of the molecule is CCOc1ccc(Nc2ccc(C(=O)NC)cc2N)cc1. The topological polar surface area (TPSA) is 76.4 Å². The van der Waals surface area contributed by atoms with E-state index in [0.717, 1.165) is 17.1 Å². The molecule has 0 aliphatic rings. The number of carbonyl (C=O) groups is 1. The van der Waals surface area contributed by atoms with Gasteiger partial charge in [-0.1, -0.05) is 0 Å². The molecule has 0 radical (unpaired) electrons. The van der Waals surface area contributed by atoms with E-state index in [1.807, 2.05) is 31.2 Å². The zero-order valence-electron chi connectivity index (χ0n) is 12.1. The van der Waals surface area contributed by atoms with E-state index >= 15 is 0 Å². The van der Waals surface area contributed by atoms with Crippen molar-refractivity contribution in [3.63, 3.8) is 0 Å². The normalized spacial score (nSPS) is 10.0. The van der Waals surface area contributed by atoms with Gasteiger partial charge in [-0.3, -0.25) is 4.79 Å². The number of nitrogens with one attached hydrogen (secondary N) is 2. The minimum Gasteiger partial charge on any atom is -0.494 e. The van der Waals surface area contributed by atoms with E-state index in [-0.39, 0.29) is 5.91 Å². The molecule has 5 heteroatoms. The van der Waals surface area contributed by atoms with Gasteiger partial charge in [0.25, 0.3) is 5.91 Å². The molecule has 21 heavy (non-hydrogen) atoms. The summed E-state index contributed by atoms with van der Waals surface area (Å²) in [4.78, 5) is 11.5. The second-order valence-electron chi connectivity index (χ2n) is 4.46. The van der Waals surface area contributed by atoms with Crippen molar-refractivity contribution < 1.29 is 9.53 Å². The monoisotopic (exact) mass is 285 g/mol. The van der Waals surface area contributed by atoms with Crippen LogP contribution in [0, 0.1) is 0 Å². The van der Waals surface area contributed by atoms with Crippen LogP contribution in [0.15, 0.2) is 42.5 Å². The Labute approximate surface area is 124 Å². The predicted octanol–water partition coefficient (Wildman–Crippen LogP) is 2.77. The number of anilines is 3. The van der Waals surface area contributed by atoms with E-state index < -0.39 is 0 Å². The van der Waals surface area contributed by atoms with Crippen molar-refractivity contribution in [1.82, 2.24) is 5.32 Å². The van der Waals surface area contributed by atoms with Gasteiger partial charge in [-0.15, -0.1) is 0 Å². The Balaban J connectivity index is 2.14. The Bertz CT molecular complexity index is 624. The molecule has 0 aliphatic heterocycles. The molecule has 0 spiro atoms. The molecule has 0 saturated carbocycles. The molecule has 0 heterocycles. The molecule has 2 aromatic carbocycles. The minimum absolute atomic E-state index is 0.158. The van der Waals surface area contributed by atoms with Crippen LogP contribution < -0.4 is 21.1 Å². The van der Waals surface area contributed by atoms with E-state index in [1.165, 1.54) is 0 Å². The highest BCUT2D eigenvalue weighted by atomic mass is 16.5. The zero-order chi connectivity index (χ0) is 15.2. The third-order valence-corrected chi connectivity index (χ3v) is 2.99. The molecule has 0 aliphatic carbocycles. The summed E-state index contributed by atoms with van der Waals surface area (Å²) in [6, 6.07) is 12.8. The molecule has 1 amide bonds. The van der Waals surface area contributed by atoms with Crippen molar-refractivity contribution in [2.24, 2.45) is 0 Å². The van der Waals surface area contributed by atoms with Crippen LogP contribution in [0.4, 0.5) is 17.1 Å². The molecule has 0 unspecified atom stereocenters. The highest BCUT2D eigenvalue weighted by molar-refractivity contribution is 5.96. The highest BCUT2D eigenvalue weighted by Gasteiger charge is 2.06. The lowest BCUT2D eigenvalue weighted by Crippen LogP contribution is -2.17. The molecule has 4 N–H and O–H groups in total. The fourth-order valence-corrected chi connectivity index (χ4v) is 1.92. The van der Waals surface area contributed by atoms with Gasteiger partial charge in [0, 0.05) is 18.3 Å². The summed E-state index contributed by atoms with van der Waals surface area (Å²) >= 11 is 0. The van der Waals surface area contributed by atoms with Gasteiger partial charge in [0.1, 0.15) is 5.75 Å². The van der Waals surface area contributed by atoms with Gasteiger partial charge in [-0.25, -0.2) is 0 Å². The van der Waals surface area contributed by atoms with Gasteiger partial charge in [0.15, 0.2) is 0 Å². The molecule has 0 fully saturated rings. The van der Waals surface area contributed by atoms with Gasteiger partial charge in [-0.2, -0.15) is 0 Å². The Kier molecular flexibility index (Phi) is 4.66. The average molecular weight is 285 g/mol. The quantitative estimate of drug-likeness (QED) is 0.738. The first-order chi connectivity index (χ1) is 10.1. The summed E-state index contributed by atoms with van der Waals surface area (Å²) in [5.74, 6) is 0.667. The van der Waals surface area contributed by atoms with E-state index in [9.17, 15) is 4.79 Å². The number of nitrogen functional groups attached to an aromatic ring is 1. The van der Waals surface area contributed by atoms with Crippen LogP contribution in [-0.2, 0) is 0 Å². The van der Waals surface area contributed by atoms with Crippen LogP contribution in [0.3, 0.4) is 0 Å². The Morgan fingerprint density at radius 2 is 1.90 bits per heavy atom. The number of amides is 1. The van der Waals surface area contributed by atoms with Gasteiger partial charge in [-0.05, 0) is 49.4 Å². The number of benzene rings is 2. The first kappa shape index (κ1) is 14.7. The summed E-state index contributed by atoms with van der Waals surface area (Å²) < 4.78 is 5.39. The van der Waals surface area contributed by atoms with Crippen molar-refractivity contribution in [3.05, 3.63) is 48.0 Å². The standard InChI is InChI=1S/C16H19N3O2/c1-3-21-13-7-5-12(6-8-13)19-15-9-4-11(10-14(15)17)16(20)18-2/h4-10,19H,3,17H2,1-2H3,(H,18,20). The molecule has 0 atom stereocenters. The molecule has 0 aromatic heterocycles. The zero-order valence-corrected chi connectivity index (χ0v) is 12.1. The van der Waals surface area contributed by atoms with Crippen molar-refractivity contribution >= 4 is 23.0 Å². The number of ether oxygens (including phenoxy) is 1. The average Bonchev–Trinajstić information content (AvgIpc) is 2.50. The second kappa shape index (κ2) is 6.65. The number of carbonyl (C=O) groups excluding carboxylic acids is 1. The van der Waals surface area contributed by atoms with Crippen molar-refractivity contribution in [2.75, 3.05) is 24.7 Å². The Morgan fingerprint density at radius 1 is 1.19 bits per heavy atom. The number of rotatable bonds is 5. The van der Waals surface area contributed by atoms with Crippen LogP contribution in [0.1, 0.15) is 17.3 Å². The summed E-state index contributed by atoms with van der Waals surface area (Å²) in [7, 11) is 1.59. The fraction of sp³-hybridized carbons (Fsp3) is 0.188. The smallest absolute Gasteiger partial charge is 0.251 e. The van der Waals surface area contributed by atoms with Crippen LogP contribution in [0.2, 0.25) is 0 Å². The van der Waals surface area contributed by atoms with E-state index in [2.05, 4.69) is 10.6 Å². The Hall–Kier alpha value is -2.69. The minimum atomic E-state index is -0.158. The van der Waals surface area contributed by atoms with Gasteiger partial charge in [0.2, 0.25) is 0 Å². The van der Waals surface area contributed by atoms with Gasteiger partial charge >= 0.3 is 0 Å². The maximum atomic E-state index is 11.5. The maximum Gasteiger partial charge on any atom is 0.251 e. The predicted molar refractivity (Wildman–Crippen MR) is 85.1 cm³/mol. The lowest BCUT2D eigenvalue weighted by molar-refractivity contribution is 0.0963. The fourth-order valence-electron chi connectivity index (χ4n) is 1.92. The lowest BCUT2D eigenvalue weighted by atomic mass is 10.1. The van der Waals surface area contributed by atoms with Crippen LogP contribution >= 0.6 is 0 Å². The van der Waals surface area contributed by atoms with Crippen LogP contribution in [0.5, 0.6) is 5.75 Å². The molecular weight excluding hydrogens is 266 g/mol. The second-order valence-corrected chi connectivity index (χ2v) is 4.46. The summed E-state index contributed by atoms with van der Waals surface area (Å²) in [6.07, 6.45) is 0. The van der Waals surface area contributed by atoms with Crippen molar-refractivity contribution in [3.8, 4) is 5.75 Å². The van der Waals surface area contributed by atoms with Crippen LogP contribution in [0.25, 0.3) is 0 Å². The van der Waals surface area contributed by atoms with Crippen molar-refractivity contribution in [1.29, 1.82) is 0 Å². The van der Waals surface area contributed by atoms with Crippen LogP contribution in [-0.4, -0.2) is 19.6 Å².